The highest BCUT2D eigenvalue weighted by Gasteiger charge is 2.30. The van der Waals surface area contributed by atoms with E-state index in [9.17, 15) is 4.79 Å². The lowest BCUT2D eigenvalue weighted by Gasteiger charge is -2.42. The van der Waals surface area contributed by atoms with Crippen LogP contribution in [0.3, 0.4) is 0 Å². The first-order valence-electron chi connectivity index (χ1n) is 7.70. The van der Waals surface area contributed by atoms with E-state index >= 15 is 0 Å². The number of hydrogen-bond acceptors (Lipinski definition) is 5. The highest BCUT2D eigenvalue weighted by Crippen LogP contribution is 2.18. The van der Waals surface area contributed by atoms with Crippen molar-refractivity contribution in [3.63, 3.8) is 0 Å². The van der Waals surface area contributed by atoms with Crippen LogP contribution in [-0.4, -0.2) is 66.0 Å². The lowest BCUT2D eigenvalue weighted by Crippen LogP contribution is -2.55. The fourth-order valence-electron chi connectivity index (χ4n) is 2.76. The predicted octanol–water partition coefficient (Wildman–Crippen LogP) is 0.751. The Morgan fingerprint density at radius 2 is 2.17 bits per heavy atom. The second kappa shape index (κ2) is 10.2. The van der Waals surface area contributed by atoms with Gasteiger partial charge in [0.1, 0.15) is 6.04 Å². The van der Waals surface area contributed by atoms with Crippen molar-refractivity contribution in [1.29, 1.82) is 0 Å². The predicted molar refractivity (Wildman–Crippen MR) is 99.0 cm³/mol. The van der Waals surface area contributed by atoms with Crippen LogP contribution in [0.25, 0.3) is 0 Å². The van der Waals surface area contributed by atoms with Gasteiger partial charge in [0, 0.05) is 44.0 Å². The molecule has 0 bridgehead atoms. The zero-order valence-corrected chi connectivity index (χ0v) is 16.4. The van der Waals surface area contributed by atoms with Crippen LogP contribution in [-0.2, 0) is 16.6 Å². The molecule has 1 saturated heterocycles. The zero-order valence-electron chi connectivity index (χ0n) is 14.7. The zero-order chi connectivity index (χ0) is 16.2. The Kier molecular flexibility index (Phi) is 9.84. The average Bonchev–Trinajstić information content (AvgIpc) is 2.88. The molecule has 7 nitrogen and oxygen atoms in total. The first kappa shape index (κ1) is 23.1. The van der Waals surface area contributed by atoms with Gasteiger partial charge in [-0.3, -0.25) is 14.4 Å². The van der Waals surface area contributed by atoms with Crippen LogP contribution in [0.4, 0.5) is 0 Å². The van der Waals surface area contributed by atoms with E-state index in [2.05, 4.69) is 34.5 Å². The molecule has 2 rings (SSSR count). The highest BCUT2D eigenvalue weighted by molar-refractivity contribution is 5.85. The van der Waals surface area contributed by atoms with Gasteiger partial charge in [-0.1, -0.05) is 0 Å². The number of ether oxygens (including phenoxy) is 1. The smallest absolute Gasteiger partial charge is 0.241 e. The summed E-state index contributed by atoms with van der Waals surface area (Å²) in [5, 5.41) is 10.2. The fraction of sp³-hybridized carbons (Fsp3) is 0.733. The van der Waals surface area contributed by atoms with Crippen molar-refractivity contribution in [3.05, 3.63) is 18.0 Å². The van der Waals surface area contributed by atoms with Crippen molar-refractivity contribution in [2.24, 2.45) is 7.05 Å². The summed E-state index contributed by atoms with van der Waals surface area (Å²) in [5.74, 6) is -0.0263. The summed E-state index contributed by atoms with van der Waals surface area (Å²) in [4.78, 5) is 14.7. The monoisotopic (exact) mass is 381 g/mol. The number of rotatable bonds is 6. The molecular formula is C15H29Cl2N5O2. The number of nitrogens with zero attached hydrogens (tertiary/aromatic N) is 3. The maximum Gasteiger partial charge on any atom is 0.241 e. The van der Waals surface area contributed by atoms with Gasteiger partial charge in [0.25, 0.3) is 0 Å². The summed E-state index contributed by atoms with van der Waals surface area (Å²) < 4.78 is 7.21. The van der Waals surface area contributed by atoms with Crippen LogP contribution in [0.1, 0.15) is 25.5 Å². The number of aryl methyl sites for hydroxylation is 1. The van der Waals surface area contributed by atoms with Gasteiger partial charge in [-0.15, -0.1) is 24.8 Å². The van der Waals surface area contributed by atoms with Gasteiger partial charge in [-0.25, -0.2) is 0 Å². The minimum Gasteiger partial charge on any atom is -0.378 e. The summed E-state index contributed by atoms with van der Waals surface area (Å²) in [7, 11) is 3.62. The van der Waals surface area contributed by atoms with Crippen molar-refractivity contribution < 1.29 is 9.53 Å². The summed E-state index contributed by atoms with van der Waals surface area (Å²) in [6, 6.07) is -0.369. The third kappa shape index (κ3) is 5.89. The van der Waals surface area contributed by atoms with E-state index in [4.69, 9.17) is 4.74 Å². The Bertz CT molecular complexity index is 510. The molecule has 1 aromatic rings. The van der Waals surface area contributed by atoms with E-state index in [-0.39, 0.29) is 42.3 Å². The van der Waals surface area contributed by atoms with Crippen molar-refractivity contribution in [2.75, 3.05) is 39.9 Å². The summed E-state index contributed by atoms with van der Waals surface area (Å²) in [6.45, 7) is 8.18. The van der Waals surface area contributed by atoms with Gasteiger partial charge in [0.15, 0.2) is 0 Å². The van der Waals surface area contributed by atoms with Crippen LogP contribution in [0.5, 0.6) is 0 Å². The lowest BCUT2D eigenvalue weighted by atomic mass is 10.0. The van der Waals surface area contributed by atoms with Crippen molar-refractivity contribution >= 4 is 30.7 Å². The molecule has 1 atom stereocenters. The minimum absolute atomic E-state index is 0. The van der Waals surface area contributed by atoms with E-state index in [1.54, 1.807) is 17.9 Å². The molecule has 0 aromatic carbocycles. The first-order valence-corrected chi connectivity index (χ1v) is 7.70. The van der Waals surface area contributed by atoms with E-state index in [1.165, 1.54) is 0 Å². The maximum atomic E-state index is 12.3. The Labute approximate surface area is 156 Å². The summed E-state index contributed by atoms with van der Waals surface area (Å²) in [6.07, 6.45) is 3.57. The summed E-state index contributed by atoms with van der Waals surface area (Å²) in [5.41, 5.74) is 0.892. The Morgan fingerprint density at radius 1 is 1.46 bits per heavy atom. The second-order valence-electron chi connectivity index (χ2n) is 6.31. The highest BCUT2D eigenvalue weighted by atomic mass is 35.5. The van der Waals surface area contributed by atoms with Crippen LogP contribution in [0.2, 0.25) is 0 Å². The number of nitrogens with one attached hydrogen (secondary N) is 2. The number of aromatic nitrogens is 2. The molecule has 0 saturated carbocycles. The molecule has 2 heterocycles. The molecule has 1 aliphatic rings. The molecular weight excluding hydrogens is 353 g/mol. The molecule has 140 valence electrons. The maximum absolute atomic E-state index is 12.3. The van der Waals surface area contributed by atoms with Crippen LogP contribution < -0.4 is 10.6 Å². The number of carbonyl (C=O) groups excluding carboxylic acids is 1. The molecule has 1 aliphatic heterocycles. The van der Waals surface area contributed by atoms with Gasteiger partial charge in [0.2, 0.25) is 5.91 Å². The van der Waals surface area contributed by atoms with Gasteiger partial charge in [-0.2, -0.15) is 5.10 Å². The molecule has 9 heteroatoms. The Hall–Kier alpha value is -0.860. The number of morpholine rings is 1. The minimum atomic E-state index is -0.369. The van der Waals surface area contributed by atoms with E-state index in [1.807, 2.05) is 13.2 Å². The Morgan fingerprint density at radius 3 is 2.71 bits per heavy atom. The number of carbonyl (C=O) groups is 1. The molecule has 2 N–H and O–H groups in total. The second-order valence-corrected chi connectivity index (χ2v) is 6.31. The van der Waals surface area contributed by atoms with Crippen LogP contribution in [0, 0.1) is 0 Å². The number of likely N-dealkylation sites (N-methyl/N-ethyl adjacent to an activating group) is 1. The quantitative estimate of drug-likeness (QED) is 0.760. The number of halogens is 2. The molecule has 1 fully saturated rings. The standard InChI is InChI=1S/C15H27N5O2.2ClH/c1-15(2)11-22-8-7-20(15)6-5-17-14(21)13(16-3)12-9-18-19(4)10-12;;/h9-10,13,16H,5-8,11H2,1-4H3,(H,17,21);2*1H. The van der Waals surface area contributed by atoms with E-state index in [0.717, 1.165) is 31.9 Å². The number of amides is 1. The van der Waals surface area contributed by atoms with Gasteiger partial charge in [0.05, 0.1) is 19.4 Å². The topological polar surface area (TPSA) is 71.4 Å². The molecule has 24 heavy (non-hydrogen) atoms. The van der Waals surface area contributed by atoms with Crippen molar-refractivity contribution in [3.8, 4) is 0 Å². The van der Waals surface area contributed by atoms with E-state index in [0.29, 0.717) is 6.54 Å². The van der Waals surface area contributed by atoms with Gasteiger partial charge < -0.3 is 15.4 Å². The summed E-state index contributed by atoms with van der Waals surface area (Å²) >= 11 is 0. The normalized spacial score (nSPS) is 18.2. The molecule has 0 aliphatic carbocycles. The first-order chi connectivity index (χ1) is 10.4. The Balaban J connectivity index is 0.00000264. The molecule has 1 aromatic heterocycles. The van der Waals surface area contributed by atoms with Gasteiger partial charge in [-0.05, 0) is 20.9 Å². The number of hydrogen-bond donors (Lipinski definition) is 2. The SMILES string of the molecule is CNC(C(=O)NCCN1CCOCC1(C)C)c1cnn(C)c1.Cl.Cl. The molecule has 0 spiro atoms. The van der Waals surface area contributed by atoms with Crippen LogP contribution in [0.15, 0.2) is 12.4 Å². The van der Waals surface area contributed by atoms with Crippen molar-refractivity contribution in [1.82, 2.24) is 25.3 Å². The molecule has 1 amide bonds. The third-order valence-electron chi connectivity index (χ3n) is 4.11. The van der Waals surface area contributed by atoms with Crippen LogP contribution >= 0.6 is 24.8 Å². The third-order valence-corrected chi connectivity index (χ3v) is 4.11. The molecule has 0 radical (unpaired) electrons. The fourth-order valence-corrected chi connectivity index (χ4v) is 2.76. The van der Waals surface area contributed by atoms with Crippen molar-refractivity contribution in [2.45, 2.75) is 25.4 Å². The average molecular weight is 382 g/mol. The largest absolute Gasteiger partial charge is 0.378 e. The molecule has 1 unspecified atom stereocenters. The lowest BCUT2D eigenvalue weighted by molar-refractivity contribution is -0.123. The van der Waals surface area contributed by atoms with E-state index < -0.39 is 0 Å². The van der Waals surface area contributed by atoms with Gasteiger partial charge >= 0.3 is 0 Å².